The maximum absolute atomic E-state index is 11.7. The largest absolute Gasteiger partial charge is 0.466 e. The quantitative estimate of drug-likeness (QED) is 0.718. The lowest BCUT2D eigenvalue weighted by atomic mass is 10.0. The molecule has 98 valence electrons. The molecule has 1 aromatic rings. The molecule has 0 aliphatic carbocycles. The fourth-order valence-corrected chi connectivity index (χ4v) is 1.68. The molecule has 7 heteroatoms. The average Bonchev–Trinajstić information content (AvgIpc) is 2.96. The number of amides is 4. The molecule has 1 aliphatic heterocycles. The van der Waals surface area contributed by atoms with Gasteiger partial charge in [-0.1, -0.05) is 0 Å². The van der Waals surface area contributed by atoms with Crippen LogP contribution in [0.5, 0.6) is 0 Å². The van der Waals surface area contributed by atoms with Crippen LogP contribution in [0.1, 0.15) is 12.7 Å². The molecule has 3 N–H and O–H groups in total. The number of furan rings is 1. The van der Waals surface area contributed by atoms with Crippen molar-refractivity contribution in [3.05, 3.63) is 24.2 Å². The molecule has 0 aromatic carbocycles. The number of rotatable bonds is 3. The van der Waals surface area contributed by atoms with Gasteiger partial charge in [-0.15, -0.1) is 0 Å². The van der Waals surface area contributed by atoms with Crippen molar-refractivity contribution in [2.45, 2.75) is 12.5 Å². The highest BCUT2D eigenvalue weighted by atomic mass is 16.4. The highest BCUT2D eigenvalue weighted by Gasteiger charge is 2.30. The van der Waals surface area contributed by atoms with Gasteiger partial charge in [-0.25, -0.2) is 14.5 Å². The molecule has 1 aliphatic rings. The van der Waals surface area contributed by atoms with Gasteiger partial charge in [0.25, 0.3) is 0 Å². The predicted molar refractivity (Wildman–Crippen MR) is 61.8 cm³/mol. The van der Waals surface area contributed by atoms with Crippen LogP contribution in [0.4, 0.5) is 9.59 Å². The molecule has 0 bridgehead atoms. The van der Waals surface area contributed by atoms with E-state index in [9.17, 15) is 14.7 Å². The molecule has 0 radical (unpaired) electrons. The second-order valence-corrected chi connectivity index (χ2v) is 4.29. The normalized spacial score (nSPS) is 18.3. The van der Waals surface area contributed by atoms with Crippen LogP contribution in [-0.4, -0.2) is 41.7 Å². The molecule has 1 fully saturated rings. The van der Waals surface area contributed by atoms with Crippen molar-refractivity contribution >= 4 is 12.1 Å². The molecular formula is C11H15N3O4. The minimum atomic E-state index is -1.31. The van der Waals surface area contributed by atoms with Crippen LogP contribution in [0.25, 0.3) is 0 Å². The van der Waals surface area contributed by atoms with E-state index < -0.39 is 17.7 Å². The zero-order valence-electron chi connectivity index (χ0n) is 9.97. The Bertz CT molecular complexity index is 441. The summed E-state index contributed by atoms with van der Waals surface area (Å²) in [6.07, 6.45) is 1.44. The summed E-state index contributed by atoms with van der Waals surface area (Å²) in [4.78, 5) is 24.0. The summed E-state index contributed by atoms with van der Waals surface area (Å²) in [6.45, 7) is 2.26. The highest BCUT2D eigenvalue weighted by molar-refractivity contribution is 5.94. The molecule has 1 aromatic heterocycles. The van der Waals surface area contributed by atoms with E-state index in [0.717, 1.165) is 4.90 Å². The number of carbonyl (C=O) groups is 2. The lowest BCUT2D eigenvalue weighted by Gasteiger charge is -2.22. The Hall–Kier alpha value is -2.02. The van der Waals surface area contributed by atoms with E-state index in [1.54, 1.807) is 12.1 Å². The average molecular weight is 253 g/mol. The number of hydrogen-bond acceptors (Lipinski definition) is 4. The Morgan fingerprint density at radius 2 is 2.50 bits per heavy atom. The first-order chi connectivity index (χ1) is 8.50. The zero-order valence-corrected chi connectivity index (χ0v) is 9.97. The number of nitrogens with one attached hydrogen (secondary N) is 2. The number of nitrogens with zero attached hydrogens (tertiary/aromatic N) is 1. The zero-order chi connectivity index (χ0) is 13.2. The molecule has 1 saturated heterocycles. The SMILES string of the molecule is C[C@@](O)(CNC(=O)N1CCNC1=O)c1ccco1. The van der Waals surface area contributed by atoms with E-state index in [1.165, 1.54) is 13.2 Å². The van der Waals surface area contributed by atoms with E-state index in [4.69, 9.17) is 4.42 Å². The maximum atomic E-state index is 11.7. The van der Waals surface area contributed by atoms with Gasteiger partial charge < -0.3 is 20.2 Å². The van der Waals surface area contributed by atoms with Crippen LogP contribution < -0.4 is 10.6 Å². The van der Waals surface area contributed by atoms with Crippen LogP contribution in [-0.2, 0) is 5.60 Å². The molecule has 4 amide bonds. The van der Waals surface area contributed by atoms with Gasteiger partial charge in [-0.3, -0.25) is 0 Å². The minimum absolute atomic E-state index is 0.0386. The highest BCUT2D eigenvalue weighted by Crippen LogP contribution is 2.19. The van der Waals surface area contributed by atoms with Gasteiger partial charge in [0, 0.05) is 13.1 Å². The van der Waals surface area contributed by atoms with Crippen molar-refractivity contribution in [2.75, 3.05) is 19.6 Å². The van der Waals surface area contributed by atoms with Crippen LogP contribution >= 0.6 is 0 Å². The van der Waals surface area contributed by atoms with Crippen LogP contribution in [0.2, 0.25) is 0 Å². The van der Waals surface area contributed by atoms with Gasteiger partial charge in [0.15, 0.2) is 0 Å². The molecule has 0 spiro atoms. The summed E-state index contributed by atoms with van der Waals surface area (Å²) >= 11 is 0. The van der Waals surface area contributed by atoms with Crippen molar-refractivity contribution in [3.8, 4) is 0 Å². The van der Waals surface area contributed by atoms with Crippen molar-refractivity contribution < 1.29 is 19.1 Å². The smallest absolute Gasteiger partial charge is 0.325 e. The molecule has 7 nitrogen and oxygen atoms in total. The fraction of sp³-hybridized carbons (Fsp3) is 0.455. The van der Waals surface area contributed by atoms with E-state index in [0.29, 0.717) is 18.8 Å². The third-order valence-electron chi connectivity index (χ3n) is 2.74. The van der Waals surface area contributed by atoms with E-state index in [-0.39, 0.29) is 6.54 Å². The second-order valence-electron chi connectivity index (χ2n) is 4.29. The van der Waals surface area contributed by atoms with Gasteiger partial charge >= 0.3 is 12.1 Å². The van der Waals surface area contributed by atoms with Crippen LogP contribution in [0, 0.1) is 0 Å². The van der Waals surface area contributed by atoms with E-state index in [1.807, 2.05) is 0 Å². The molecule has 18 heavy (non-hydrogen) atoms. The number of hydrogen-bond donors (Lipinski definition) is 3. The number of carbonyl (C=O) groups excluding carboxylic acids is 2. The first kappa shape index (κ1) is 12.4. The Morgan fingerprint density at radius 1 is 1.72 bits per heavy atom. The standard InChI is InChI=1S/C11H15N3O4/c1-11(17,8-3-2-6-18-8)7-13-10(16)14-5-4-12-9(14)15/h2-3,6,17H,4-5,7H2,1H3,(H,12,15)(H,13,16)/t11-/m1/s1. The topological polar surface area (TPSA) is 94.8 Å². The fourth-order valence-electron chi connectivity index (χ4n) is 1.68. The van der Waals surface area contributed by atoms with Crippen molar-refractivity contribution in [2.24, 2.45) is 0 Å². The van der Waals surface area contributed by atoms with E-state index >= 15 is 0 Å². The van der Waals surface area contributed by atoms with Gasteiger partial charge in [-0.05, 0) is 19.1 Å². The summed E-state index contributed by atoms with van der Waals surface area (Å²) in [5, 5.41) is 15.1. The Balaban J connectivity index is 1.91. The predicted octanol–water partition coefficient (Wildman–Crippen LogP) is 0.222. The second kappa shape index (κ2) is 4.69. The lowest BCUT2D eigenvalue weighted by molar-refractivity contribution is 0.0359. The number of aliphatic hydroxyl groups is 1. The minimum Gasteiger partial charge on any atom is -0.466 e. The third kappa shape index (κ3) is 2.45. The summed E-state index contributed by atoms with van der Waals surface area (Å²) < 4.78 is 5.08. The molecule has 0 unspecified atom stereocenters. The van der Waals surface area contributed by atoms with Crippen LogP contribution in [0.3, 0.4) is 0 Å². The lowest BCUT2D eigenvalue weighted by Crippen LogP contribution is -2.46. The molecular weight excluding hydrogens is 238 g/mol. The number of imide groups is 1. The first-order valence-corrected chi connectivity index (χ1v) is 5.60. The maximum Gasteiger partial charge on any atom is 0.325 e. The van der Waals surface area contributed by atoms with Crippen molar-refractivity contribution in [1.29, 1.82) is 0 Å². The van der Waals surface area contributed by atoms with Gasteiger partial charge in [0.05, 0.1) is 12.8 Å². The first-order valence-electron chi connectivity index (χ1n) is 5.60. The Morgan fingerprint density at radius 3 is 3.06 bits per heavy atom. The summed E-state index contributed by atoms with van der Waals surface area (Å²) in [7, 11) is 0. The van der Waals surface area contributed by atoms with Crippen molar-refractivity contribution in [3.63, 3.8) is 0 Å². The molecule has 2 rings (SSSR count). The summed E-state index contributed by atoms with van der Waals surface area (Å²) in [6, 6.07) is 2.32. The van der Waals surface area contributed by atoms with Gasteiger partial charge in [-0.2, -0.15) is 0 Å². The molecule has 2 heterocycles. The Labute approximate surface area is 104 Å². The van der Waals surface area contributed by atoms with Gasteiger partial charge in [0.2, 0.25) is 0 Å². The summed E-state index contributed by atoms with van der Waals surface area (Å²) in [5.41, 5.74) is -1.31. The monoisotopic (exact) mass is 253 g/mol. The molecule has 0 saturated carbocycles. The van der Waals surface area contributed by atoms with Crippen molar-refractivity contribution in [1.82, 2.24) is 15.5 Å². The third-order valence-corrected chi connectivity index (χ3v) is 2.74. The Kier molecular flexibility index (Phi) is 3.24. The van der Waals surface area contributed by atoms with Crippen LogP contribution in [0.15, 0.2) is 22.8 Å². The summed E-state index contributed by atoms with van der Waals surface area (Å²) in [5.74, 6) is 0.355. The molecule has 1 atom stereocenters. The van der Waals surface area contributed by atoms with Gasteiger partial charge in [0.1, 0.15) is 11.4 Å². The number of urea groups is 2. The van der Waals surface area contributed by atoms with E-state index in [2.05, 4.69) is 10.6 Å².